The number of carbonyl (C=O) groups is 1. The van der Waals surface area contributed by atoms with E-state index >= 15 is 0 Å². The minimum atomic E-state index is -1.07. The van der Waals surface area contributed by atoms with Crippen LogP contribution in [0.2, 0.25) is 0 Å². The Labute approximate surface area is 68.2 Å². The van der Waals surface area contributed by atoms with E-state index in [4.69, 9.17) is 5.11 Å². The number of aromatic nitrogens is 3. The Hall–Kier alpha value is -1.43. The lowest BCUT2D eigenvalue weighted by Crippen LogP contribution is -2.28. The molecular formula is C6H8N4O2. The molecule has 64 valence electrons. The van der Waals surface area contributed by atoms with Crippen molar-refractivity contribution in [1.82, 2.24) is 20.1 Å². The normalized spacial score (nSPS) is 15.7. The largest absolute Gasteiger partial charge is 0.475 e. The molecule has 0 radical (unpaired) electrons. The van der Waals surface area contributed by atoms with Gasteiger partial charge in [0, 0.05) is 6.54 Å². The van der Waals surface area contributed by atoms with Gasteiger partial charge in [0.05, 0.1) is 13.1 Å². The molecule has 6 heteroatoms. The summed E-state index contributed by atoms with van der Waals surface area (Å²) in [6.45, 7) is 2.10. The molecule has 12 heavy (non-hydrogen) atoms. The van der Waals surface area contributed by atoms with Crippen LogP contribution in [0.3, 0.4) is 0 Å². The van der Waals surface area contributed by atoms with Gasteiger partial charge in [-0.1, -0.05) is 0 Å². The Kier molecular flexibility index (Phi) is 1.54. The van der Waals surface area contributed by atoms with Crippen LogP contribution in [-0.4, -0.2) is 32.4 Å². The van der Waals surface area contributed by atoms with Crippen molar-refractivity contribution in [2.75, 3.05) is 6.54 Å². The Morgan fingerprint density at radius 1 is 1.67 bits per heavy atom. The predicted octanol–water partition coefficient (Wildman–Crippen LogP) is -0.921. The van der Waals surface area contributed by atoms with Gasteiger partial charge in [0.15, 0.2) is 0 Å². The number of nitrogens with zero attached hydrogens (tertiary/aromatic N) is 3. The van der Waals surface area contributed by atoms with E-state index in [2.05, 4.69) is 15.4 Å². The van der Waals surface area contributed by atoms with Crippen LogP contribution in [0.4, 0.5) is 0 Å². The first-order valence-electron chi connectivity index (χ1n) is 3.65. The van der Waals surface area contributed by atoms with Crippen molar-refractivity contribution in [2.24, 2.45) is 0 Å². The summed E-state index contributed by atoms with van der Waals surface area (Å²) in [5.74, 6) is -0.496. The minimum absolute atomic E-state index is 0.117. The molecule has 0 saturated heterocycles. The summed E-state index contributed by atoms with van der Waals surface area (Å²) in [6.07, 6.45) is 0. The van der Waals surface area contributed by atoms with Gasteiger partial charge in [-0.3, -0.25) is 0 Å². The van der Waals surface area contributed by atoms with Crippen molar-refractivity contribution in [2.45, 2.75) is 13.1 Å². The molecule has 0 bridgehead atoms. The van der Waals surface area contributed by atoms with Crippen molar-refractivity contribution in [3.8, 4) is 0 Å². The maximum absolute atomic E-state index is 10.5. The van der Waals surface area contributed by atoms with Gasteiger partial charge in [0.25, 0.3) is 5.82 Å². The second kappa shape index (κ2) is 2.56. The minimum Gasteiger partial charge on any atom is -0.475 e. The molecule has 0 unspecified atom stereocenters. The zero-order chi connectivity index (χ0) is 8.55. The molecular weight excluding hydrogens is 160 g/mol. The molecule has 2 N–H and O–H groups in total. The lowest BCUT2D eigenvalue weighted by Gasteiger charge is -2.11. The van der Waals surface area contributed by atoms with Crippen LogP contribution in [0.15, 0.2) is 0 Å². The number of aromatic carboxylic acids is 1. The van der Waals surface area contributed by atoms with Gasteiger partial charge in [-0.25, -0.2) is 14.5 Å². The fourth-order valence-corrected chi connectivity index (χ4v) is 1.16. The summed E-state index contributed by atoms with van der Waals surface area (Å²) < 4.78 is 1.62. The molecule has 2 heterocycles. The van der Waals surface area contributed by atoms with Gasteiger partial charge < -0.3 is 10.4 Å². The highest BCUT2D eigenvalue weighted by molar-refractivity contribution is 5.82. The molecule has 0 saturated carbocycles. The van der Waals surface area contributed by atoms with Crippen LogP contribution in [0.25, 0.3) is 0 Å². The van der Waals surface area contributed by atoms with Crippen molar-refractivity contribution in [3.63, 3.8) is 0 Å². The second-order valence-corrected chi connectivity index (χ2v) is 2.56. The van der Waals surface area contributed by atoms with Crippen molar-refractivity contribution in [1.29, 1.82) is 0 Å². The Balaban J connectivity index is 2.38. The van der Waals surface area contributed by atoms with Gasteiger partial charge in [0.2, 0.25) is 0 Å². The maximum Gasteiger partial charge on any atom is 0.375 e. The number of hydrogen-bond acceptors (Lipinski definition) is 4. The first-order chi connectivity index (χ1) is 5.77. The molecule has 2 rings (SSSR count). The van der Waals surface area contributed by atoms with E-state index in [1.54, 1.807) is 4.68 Å². The summed E-state index contributed by atoms with van der Waals surface area (Å²) in [5.41, 5.74) is 0. The predicted molar refractivity (Wildman–Crippen MR) is 38.7 cm³/mol. The number of carboxylic acid groups (broad SMARTS) is 1. The van der Waals surface area contributed by atoms with E-state index < -0.39 is 5.97 Å². The van der Waals surface area contributed by atoms with Gasteiger partial charge in [0.1, 0.15) is 5.82 Å². The van der Waals surface area contributed by atoms with Crippen LogP contribution in [0.1, 0.15) is 16.4 Å². The topological polar surface area (TPSA) is 80.0 Å². The summed E-state index contributed by atoms with van der Waals surface area (Å²) >= 11 is 0. The van der Waals surface area contributed by atoms with E-state index in [1.807, 2.05) is 0 Å². The monoisotopic (exact) mass is 168 g/mol. The third-order valence-corrected chi connectivity index (χ3v) is 1.72. The fraction of sp³-hybridized carbons (Fsp3) is 0.500. The average Bonchev–Trinajstić information content (AvgIpc) is 2.46. The highest BCUT2D eigenvalue weighted by Gasteiger charge is 2.16. The summed E-state index contributed by atoms with van der Waals surface area (Å²) in [4.78, 5) is 14.3. The SMILES string of the molecule is O=C(O)c1nc2n(n1)CCNC2. The molecule has 1 aliphatic heterocycles. The standard InChI is InChI=1S/C6H8N4O2/c11-6(12)5-8-4-3-7-1-2-10(4)9-5/h7H,1-3H2,(H,11,12). The molecule has 6 nitrogen and oxygen atoms in total. The molecule has 0 atom stereocenters. The van der Waals surface area contributed by atoms with Crippen LogP contribution >= 0.6 is 0 Å². The maximum atomic E-state index is 10.5. The van der Waals surface area contributed by atoms with Crippen LogP contribution in [-0.2, 0) is 13.1 Å². The zero-order valence-corrected chi connectivity index (χ0v) is 6.32. The van der Waals surface area contributed by atoms with Crippen molar-refractivity contribution in [3.05, 3.63) is 11.6 Å². The van der Waals surface area contributed by atoms with E-state index in [1.165, 1.54) is 0 Å². The lowest BCUT2D eigenvalue weighted by atomic mass is 10.4. The van der Waals surface area contributed by atoms with Crippen LogP contribution in [0, 0.1) is 0 Å². The Morgan fingerprint density at radius 3 is 3.17 bits per heavy atom. The Morgan fingerprint density at radius 2 is 2.50 bits per heavy atom. The van der Waals surface area contributed by atoms with Crippen LogP contribution < -0.4 is 5.32 Å². The molecule has 1 aromatic rings. The van der Waals surface area contributed by atoms with E-state index in [0.29, 0.717) is 18.9 Å². The quantitative estimate of drug-likeness (QED) is 0.566. The van der Waals surface area contributed by atoms with Crippen molar-refractivity contribution >= 4 is 5.97 Å². The highest BCUT2D eigenvalue weighted by Crippen LogP contribution is 2.01. The number of hydrogen-bond donors (Lipinski definition) is 2. The lowest BCUT2D eigenvalue weighted by molar-refractivity contribution is 0.0683. The highest BCUT2D eigenvalue weighted by atomic mass is 16.4. The fourth-order valence-electron chi connectivity index (χ4n) is 1.16. The molecule has 0 aromatic carbocycles. The van der Waals surface area contributed by atoms with Gasteiger partial charge in [-0.05, 0) is 0 Å². The van der Waals surface area contributed by atoms with E-state index in [0.717, 1.165) is 6.54 Å². The first-order valence-corrected chi connectivity index (χ1v) is 3.65. The number of fused-ring (bicyclic) bond motifs is 1. The summed E-state index contributed by atoms with van der Waals surface area (Å²) in [5, 5.41) is 15.5. The Bertz CT molecular complexity index is 296. The average molecular weight is 168 g/mol. The zero-order valence-electron chi connectivity index (χ0n) is 6.32. The molecule has 0 amide bonds. The number of carboxylic acids is 1. The smallest absolute Gasteiger partial charge is 0.375 e. The number of rotatable bonds is 1. The molecule has 0 fully saturated rings. The van der Waals surface area contributed by atoms with Gasteiger partial charge >= 0.3 is 5.97 Å². The molecule has 0 aliphatic carbocycles. The van der Waals surface area contributed by atoms with Crippen LogP contribution in [0.5, 0.6) is 0 Å². The summed E-state index contributed by atoms with van der Waals surface area (Å²) in [6, 6.07) is 0. The van der Waals surface area contributed by atoms with Crippen molar-refractivity contribution < 1.29 is 9.90 Å². The van der Waals surface area contributed by atoms with Gasteiger partial charge in [-0.2, -0.15) is 0 Å². The third-order valence-electron chi connectivity index (χ3n) is 1.72. The first kappa shape index (κ1) is 7.23. The molecule has 1 aromatic heterocycles. The van der Waals surface area contributed by atoms with E-state index in [-0.39, 0.29) is 5.82 Å². The van der Waals surface area contributed by atoms with E-state index in [9.17, 15) is 4.79 Å². The number of nitrogens with one attached hydrogen (secondary N) is 1. The van der Waals surface area contributed by atoms with Gasteiger partial charge in [-0.15, -0.1) is 5.10 Å². The summed E-state index contributed by atoms with van der Waals surface area (Å²) in [7, 11) is 0. The molecule has 0 spiro atoms. The third kappa shape index (κ3) is 1.06. The molecule has 1 aliphatic rings. The second-order valence-electron chi connectivity index (χ2n) is 2.56.